The second kappa shape index (κ2) is 5.95. The highest BCUT2D eigenvalue weighted by molar-refractivity contribution is 7.71. The first kappa shape index (κ1) is 14.2. The summed E-state index contributed by atoms with van der Waals surface area (Å²) in [6.45, 7) is 1.94. The number of rotatable bonds is 3. The van der Waals surface area contributed by atoms with Crippen LogP contribution in [0.3, 0.4) is 0 Å². The van der Waals surface area contributed by atoms with Crippen molar-refractivity contribution in [1.82, 2.24) is 14.5 Å². The summed E-state index contributed by atoms with van der Waals surface area (Å²) in [7, 11) is 0. The van der Waals surface area contributed by atoms with E-state index in [-0.39, 0.29) is 5.91 Å². The highest BCUT2D eigenvalue weighted by Crippen LogP contribution is 2.14. The minimum atomic E-state index is -0.269. The van der Waals surface area contributed by atoms with Crippen molar-refractivity contribution in [1.29, 1.82) is 0 Å². The third kappa shape index (κ3) is 2.82. The molecule has 0 aliphatic heterocycles. The van der Waals surface area contributed by atoms with Gasteiger partial charge in [-0.15, -0.1) is 0 Å². The van der Waals surface area contributed by atoms with Crippen molar-refractivity contribution in [2.45, 2.75) is 6.92 Å². The average molecular weight is 310 g/mol. The number of benzene rings is 1. The Morgan fingerprint density at radius 2 is 2.05 bits per heavy atom. The number of pyridine rings is 1. The molecule has 110 valence electrons. The fourth-order valence-electron chi connectivity index (χ4n) is 2.15. The number of aromatic amines is 1. The monoisotopic (exact) mass is 310 g/mol. The number of para-hydroxylation sites is 1. The Morgan fingerprint density at radius 1 is 1.27 bits per heavy atom. The van der Waals surface area contributed by atoms with E-state index in [0.29, 0.717) is 16.3 Å². The minimum Gasteiger partial charge on any atom is -0.336 e. The Morgan fingerprint density at radius 3 is 2.77 bits per heavy atom. The second-order valence-electron chi connectivity index (χ2n) is 4.82. The van der Waals surface area contributed by atoms with Gasteiger partial charge >= 0.3 is 0 Å². The zero-order valence-corrected chi connectivity index (χ0v) is 12.7. The fourth-order valence-corrected chi connectivity index (χ4v) is 2.42. The molecule has 0 spiro atoms. The maximum Gasteiger partial charge on any atom is 0.275 e. The zero-order chi connectivity index (χ0) is 15.5. The Bertz CT molecular complexity index is 867. The number of aromatic nitrogens is 3. The Kier molecular flexibility index (Phi) is 3.84. The van der Waals surface area contributed by atoms with Gasteiger partial charge in [0, 0.05) is 18.1 Å². The van der Waals surface area contributed by atoms with Crippen LogP contribution in [0.4, 0.5) is 5.82 Å². The molecular formula is C16H14N4OS. The van der Waals surface area contributed by atoms with Crippen LogP contribution < -0.4 is 5.32 Å². The zero-order valence-electron chi connectivity index (χ0n) is 11.9. The highest BCUT2D eigenvalue weighted by atomic mass is 32.1. The van der Waals surface area contributed by atoms with E-state index in [9.17, 15) is 4.79 Å². The topological polar surface area (TPSA) is 62.7 Å². The lowest BCUT2D eigenvalue weighted by Crippen LogP contribution is -2.17. The molecule has 3 aromatic rings. The van der Waals surface area contributed by atoms with Gasteiger partial charge in [-0.3, -0.25) is 9.36 Å². The third-order valence-corrected chi connectivity index (χ3v) is 3.48. The molecule has 6 heteroatoms. The standard InChI is InChI=1S/C16H14N4OS/c1-11-7-8-17-14(9-11)19-15(21)13-10-18-16(22)20(13)12-5-3-2-4-6-12/h2-10H,1H3,(H,18,22)(H,17,19,21). The molecule has 0 saturated carbocycles. The Balaban J connectivity index is 1.96. The first-order chi connectivity index (χ1) is 10.6. The number of imidazole rings is 1. The predicted molar refractivity (Wildman–Crippen MR) is 87.9 cm³/mol. The summed E-state index contributed by atoms with van der Waals surface area (Å²) in [5.41, 5.74) is 2.29. The molecule has 2 N–H and O–H groups in total. The molecule has 0 bridgehead atoms. The first-order valence-electron chi connectivity index (χ1n) is 6.75. The van der Waals surface area contributed by atoms with Crippen LogP contribution in [0.5, 0.6) is 0 Å². The van der Waals surface area contributed by atoms with Crippen LogP contribution in [-0.2, 0) is 0 Å². The number of hydrogen-bond donors (Lipinski definition) is 2. The molecule has 1 amide bonds. The normalized spacial score (nSPS) is 10.4. The van der Waals surface area contributed by atoms with E-state index in [1.807, 2.05) is 49.4 Å². The van der Waals surface area contributed by atoms with Crippen LogP contribution >= 0.6 is 12.2 Å². The summed E-state index contributed by atoms with van der Waals surface area (Å²) in [5.74, 6) is 0.242. The summed E-state index contributed by atoms with van der Waals surface area (Å²) >= 11 is 5.27. The number of nitrogens with one attached hydrogen (secondary N) is 2. The molecule has 22 heavy (non-hydrogen) atoms. The number of carbonyl (C=O) groups excluding carboxylic acids is 1. The molecule has 0 aliphatic carbocycles. The van der Waals surface area contributed by atoms with Gasteiger partial charge in [-0.05, 0) is 49.0 Å². The van der Waals surface area contributed by atoms with E-state index in [4.69, 9.17) is 12.2 Å². The smallest absolute Gasteiger partial charge is 0.275 e. The van der Waals surface area contributed by atoms with Gasteiger partial charge in [0.15, 0.2) is 4.77 Å². The maximum atomic E-state index is 12.5. The van der Waals surface area contributed by atoms with Crippen LogP contribution in [0, 0.1) is 11.7 Å². The molecule has 2 heterocycles. The van der Waals surface area contributed by atoms with Crippen molar-refractivity contribution >= 4 is 23.9 Å². The van der Waals surface area contributed by atoms with Gasteiger partial charge in [-0.25, -0.2) is 4.98 Å². The number of nitrogens with zero attached hydrogens (tertiary/aromatic N) is 2. The van der Waals surface area contributed by atoms with Gasteiger partial charge in [-0.2, -0.15) is 0 Å². The molecule has 0 aliphatic rings. The summed E-state index contributed by atoms with van der Waals surface area (Å²) in [6.07, 6.45) is 3.26. The maximum absolute atomic E-state index is 12.5. The molecule has 0 unspecified atom stereocenters. The van der Waals surface area contributed by atoms with Crippen LogP contribution in [0.2, 0.25) is 0 Å². The van der Waals surface area contributed by atoms with E-state index in [0.717, 1.165) is 11.3 Å². The number of amides is 1. The number of H-pyrrole nitrogens is 1. The Labute approximate surface area is 132 Å². The van der Waals surface area contributed by atoms with Crippen molar-refractivity contribution in [3.8, 4) is 5.69 Å². The third-order valence-electron chi connectivity index (χ3n) is 3.18. The molecule has 2 aromatic heterocycles. The average Bonchev–Trinajstić information content (AvgIpc) is 2.90. The highest BCUT2D eigenvalue weighted by Gasteiger charge is 2.14. The van der Waals surface area contributed by atoms with Crippen molar-refractivity contribution in [2.75, 3.05) is 5.32 Å². The summed E-state index contributed by atoms with van der Waals surface area (Å²) < 4.78 is 2.16. The molecule has 0 radical (unpaired) electrons. The van der Waals surface area contributed by atoms with Crippen molar-refractivity contribution in [3.05, 3.63) is 70.9 Å². The SMILES string of the molecule is Cc1ccnc(NC(=O)c2c[nH]c(=S)n2-c2ccccc2)c1. The van der Waals surface area contributed by atoms with Gasteiger partial charge in [-0.1, -0.05) is 18.2 Å². The van der Waals surface area contributed by atoms with Crippen LogP contribution in [0.15, 0.2) is 54.9 Å². The largest absolute Gasteiger partial charge is 0.336 e. The van der Waals surface area contributed by atoms with Crippen LogP contribution in [0.1, 0.15) is 16.1 Å². The van der Waals surface area contributed by atoms with Crippen molar-refractivity contribution in [2.24, 2.45) is 0 Å². The Hall–Kier alpha value is -2.73. The van der Waals surface area contributed by atoms with Gasteiger partial charge in [0.1, 0.15) is 11.5 Å². The van der Waals surface area contributed by atoms with E-state index < -0.39 is 0 Å². The minimum absolute atomic E-state index is 0.269. The van der Waals surface area contributed by atoms with Crippen molar-refractivity contribution < 1.29 is 4.79 Å². The van der Waals surface area contributed by atoms with Gasteiger partial charge in [0.2, 0.25) is 0 Å². The van der Waals surface area contributed by atoms with Gasteiger partial charge in [0.25, 0.3) is 5.91 Å². The molecule has 0 saturated heterocycles. The number of carbonyl (C=O) groups is 1. The lowest BCUT2D eigenvalue weighted by atomic mass is 10.3. The molecule has 5 nitrogen and oxygen atoms in total. The first-order valence-corrected chi connectivity index (χ1v) is 7.16. The van der Waals surface area contributed by atoms with E-state index in [2.05, 4.69) is 15.3 Å². The van der Waals surface area contributed by atoms with Crippen LogP contribution in [0.25, 0.3) is 5.69 Å². The van der Waals surface area contributed by atoms with Gasteiger partial charge in [0.05, 0.1) is 0 Å². The molecule has 0 fully saturated rings. The predicted octanol–water partition coefficient (Wildman–Crippen LogP) is 3.49. The summed E-state index contributed by atoms with van der Waals surface area (Å²) in [4.78, 5) is 19.5. The summed E-state index contributed by atoms with van der Waals surface area (Å²) in [6, 6.07) is 13.2. The fraction of sp³-hybridized carbons (Fsp3) is 0.0625. The van der Waals surface area contributed by atoms with E-state index >= 15 is 0 Å². The summed E-state index contributed by atoms with van der Waals surface area (Å²) in [5, 5.41) is 2.79. The molecule has 0 atom stereocenters. The molecule has 3 rings (SSSR count). The van der Waals surface area contributed by atoms with Crippen molar-refractivity contribution in [3.63, 3.8) is 0 Å². The van der Waals surface area contributed by atoms with E-state index in [1.165, 1.54) is 0 Å². The lowest BCUT2D eigenvalue weighted by Gasteiger charge is -2.09. The van der Waals surface area contributed by atoms with E-state index in [1.54, 1.807) is 17.0 Å². The number of aryl methyl sites for hydroxylation is 1. The second-order valence-corrected chi connectivity index (χ2v) is 5.21. The number of hydrogen-bond acceptors (Lipinski definition) is 3. The lowest BCUT2D eigenvalue weighted by molar-refractivity contribution is 0.102. The van der Waals surface area contributed by atoms with Crippen LogP contribution in [-0.4, -0.2) is 20.4 Å². The van der Waals surface area contributed by atoms with Gasteiger partial charge < -0.3 is 10.3 Å². The number of anilines is 1. The molecular weight excluding hydrogens is 296 g/mol. The quantitative estimate of drug-likeness (QED) is 0.728. The molecule has 1 aromatic carbocycles.